The number of carbonyl (C=O) groups excluding carboxylic acids is 7. The number of hydrogen-bond donors (Lipinski definition) is 1. The van der Waals surface area contributed by atoms with E-state index in [0.717, 1.165) is 19.3 Å². The maximum atomic E-state index is 13.9. The van der Waals surface area contributed by atoms with Crippen LogP contribution in [0.4, 0.5) is 16.2 Å². The van der Waals surface area contributed by atoms with Crippen molar-refractivity contribution in [2.75, 3.05) is 16.8 Å². The second-order valence-corrected chi connectivity index (χ2v) is 15.6. The Labute approximate surface area is 320 Å². The minimum atomic E-state index is -3.04. The zero-order valence-electron chi connectivity index (χ0n) is 31.2. The van der Waals surface area contributed by atoms with E-state index in [4.69, 9.17) is 32.7 Å². The quantitative estimate of drug-likeness (QED) is 0.0283. The van der Waals surface area contributed by atoms with E-state index >= 15 is 0 Å². The number of alkyl halides is 1. The lowest BCUT2D eigenvalue weighted by Crippen LogP contribution is -2.63. The minimum Gasteiger partial charge on any atom is -0.457 e. The molecule has 2 aromatic rings. The number of ketones is 1. The van der Waals surface area contributed by atoms with E-state index in [2.05, 4.69) is 12.2 Å². The molecule has 1 aliphatic heterocycles. The molecule has 0 spiro atoms. The Hall–Kier alpha value is -4.29. The molecule has 0 bridgehead atoms. The van der Waals surface area contributed by atoms with Gasteiger partial charge in [-0.15, -0.1) is 0 Å². The first-order valence-electron chi connectivity index (χ1n) is 17.9. The summed E-state index contributed by atoms with van der Waals surface area (Å²) in [4.78, 5) is 90.6. The number of carbonyl (C=O) groups is 7. The molecular formula is C39H49Cl2N3O9. The Bertz CT molecular complexity index is 1700. The predicted octanol–water partition coefficient (Wildman–Crippen LogP) is 8.22. The number of ether oxygens (including phenoxy) is 2. The van der Waals surface area contributed by atoms with Crippen LogP contribution in [0.2, 0.25) is 5.02 Å². The van der Waals surface area contributed by atoms with E-state index in [9.17, 15) is 33.6 Å². The number of rotatable bonds is 19. The Morgan fingerprint density at radius 3 is 2.00 bits per heavy atom. The van der Waals surface area contributed by atoms with Gasteiger partial charge in [0, 0.05) is 11.1 Å². The van der Waals surface area contributed by atoms with Crippen molar-refractivity contribution in [2.24, 2.45) is 5.41 Å². The fourth-order valence-electron chi connectivity index (χ4n) is 5.78. The van der Waals surface area contributed by atoms with Gasteiger partial charge in [0.1, 0.15) is 5.60 Å². The number of imide groups is 2. The number of benzene rings is 2. The number of amides is 5. The van der Waals surface area contributed by atoms with Gasteiger partial charge in [0.15, 0.2) is 12.4 Å². The zero-order chi connectivity index (χ0) is 39.6. The molecule has 1 atom stereocenters. The molecule has 1 N–H and O–H groups in total. The molecule has 1 saturated heterocycles. The molecule has 288 valence electrons. The van der Waals surface area contributed by atoms with E-state index in [1.165, 1.54) is 108 Å². The maximum Gasteiger partial charge on any atom is 0.344 e. The van der Waals surface area contributed by atoms with Crippen LogP contribution in [0.3, 0.4) is 0 Å². The summed E-state index contributed by atoms with van der Waals surface area (Å²) in [6.45, 7) is 9.40. The van der Waals surface area contributed by atoms with Gasteiger partial charge in [-0.1, -0.05) is 120 Å². The molecule has 0 aromatic heterocycles. The van der Waals surface area contributed by atoms with Gasteiger partial charge in [0.25, 0.3) is 10.9 Å². The zero-order valence-corrected chi connectivity index (χ0v) is 32.7. The fraction of sp³-hybridized carbons (Fsp3) is 0.513. The Morgan fingerprint density at radius 2 is 1.40 bits per heavy atom. The molecule has 1 unspecified atom stereocenters. The summed E-state index contributed by atoms with van der Waals surface area (Å²) in [5.41, 5.74) is -2.46. The average Bonchev–Trinajstić information content (AvgIpc) is 3.32. The molecule has 12 nitrogen and oxygen atoms in total. The normalized spacial score (nSPS) is 14.6. The summed E-state index contributed by atoms with van der Waals surface area (Å²) < 4.78 is 10.7. The van der Waals surface area contributed by atoms with Gasteiger partial charge in [0.2, 0.25) is 0 Å². The lowest BCUT2D eigenvalue weighted by atomic mass is 9.85. The summed E-state index contributed by atoms with van der Waals surface area (Å²) in [6.07, 6.45) is 11.2. The first kappa shape index (κ1) is 43.1. The van der Waals surface area contributed by atoms with E-state index in [1.807, 2.05) is 0 Å². The number of para-hydroxylation sites is 1. The van der Waals surface area contributed by atoms with Crippen LogP contribution in [0.25, 0.3) is 0 Å². The second-order valence-electron chi connectivity index (χ2n) is 14.6. The van der Waals surface area contributed by atoms with Gasteiger partial charge >= 0.3 is 29.8 Å². The van der Waals surface area contributed by atoms with Crippen molar-refractivity contribution in [3.8, 4) is 0 Å². The van der Waals surface area contributed by atoms with Gasteiger partial charge in [-0.25, -0.2) is 24.2 Å². The Kier molecular flexibility index (Phi) is 15.2. The van der Waals surface area contributed by atoms with Crippen LogP contribution >= 0.6 is 23.2 Å². The third-order valence-electron chi connectivity index (χ3n) is 8.61. The molecular weight excluding hydrogens is 725 g/mol. The first-order valence-corrected chi connectivity index (χ1v) is 18.6. The maximum absolute atomic E-state index is 13.9. The highest BCUT2D eigenvalue weighted by atomic mass is 35.5. The van der Waals surface area contributed by atoms with Crippen LogP contribution < -0.4 is 10.2 Å². The van der Waals surface area contributed by atoms with E-state index in [0.29, 0.717) is 11.3 Å². The molecule has 0 aliphatic carbocycles. The molecule has 53 heavy (non-hydrogen) atoms. The summed E-state index contributed by atoms with van der Waals surface area (Å²) in [5.74, 6) is -6.97. The summed E-state index contributed by atoms with van der Waals surface area (Å²) in [5, 5.41) is 2.33. The number of esters is 2. The standard InChI is InChI=1S/C39H49Cl2N3O9/c1-7-8-9-10-11-12-13-14-17-23-38(5,6)53-30(45)25-52-33(48)26-19-18-20-27(24-26)42-35(50)39(41,34(49)37(2,3)4)44-32(47)31(46)43(36(44)51)29-22-16-15-21-28(29)40/h15-16,18-22,24H,7-14,17,23,25H2,1-6H3,(H,42,50). The topological polar surface area (TPSA) is 156 Å². The molecule has 1 fully saturated rings. The van der Waals surface area contributed by atoms with Crippen molar-refractivity contribution < 1.29 is 43.0 Å². The van der Waals surface area contributed by atoms with Gasteiger partial charge in [0.05, 0.1) is 16.3 Å². The number of halogens is 2. The Morgan fingerprint density at radius 1 is 0.792 bits per heavy atom. The van der Waals surface area contributed by atoms with Crippen molar-refractivity contribution in [3.63, 3.8) is 0 Å². The largest absolute Gasteiger partial charge is 0.457 e. The van der Waals surface area contributed by atoms with Gasteiger partial charge in [-0.3, -0.25) is 19.2 Å². The number of hydrogen-bond acceptors (Lipinski definition) is 9. The van der Waals surface area contributed by atoms with Crippen LogP contribution in [0.5, 0.6) is 0 Å². The first-order chi connectivity index (χ1) is 24.8. The smallest absolute Gasteiger partial charge is 0.344 e. The van der Waals surface area contributed by atoms with E-state index < -0.39 is 64.1 Å². The monoisotopic (exact) mass is 773 g/mol. The van der Waals surface area contributed by atoms with Crippen LogP contribution in [0, 0.1) is 5.41 Å². The number of unbranched alkanes of at least 4 members (excludes halogenated alkanes) is 8. The average molecular weight is 775 g/mol. The highest BCUT2D eigenvalue weighted by Crippen LogP contribution is 2.39. The number of nitrogens with zero attached hydrogens (tertiary/aromatic N) is 2. The summed E-state index contributed by atoms with van der Waals surface area (Å²) in [7, 11) is 0. The Balaban J connectivity index is 1.67. The van der Waals surface area contributed by atoms with Crippen LogP contribution in [0.1, 0.15) is 116 Å². The molecule has 1 heterocycles. The summed E-state index contributed by atoms with van der Waals surface area (Å²) >= 11 is 12.9. The lowest BCUT2D eigenvalue weighted by Gasteiger charge is -2.35. The van der Waals surface area contributed by atoms with Crippen molar-refractivity contribution in [2.45, 2.75) is 116 Å². The number of nitrogens with one attached hydrogen (secondary N) is 1. The molecule has 1 aliphatic rings. The molecule has 3 rings (SSSR count). The molecule has 14 heteroatoms. The van der Waals surface area contributed by atoms with E-state index in [-0.39, 0.29) is 26.9 Å². The van der Waals surface area contributed by atoms with Gasteiger partial charge in [-0.2, -0.15) is 0 Å². The summed E-state index contributed by atoms with van der Waals surface area (Å²) in [6, 6.07) is 9.61. The molecule has 0 saturated carbocycles. The second kappa shape index (κ2) is 18.6. The minimum absolute atomic E-state index is 0.0506. The molecule has 0 radical (unpaired) electrons. The van der Waals surface area contributed by atoms with Crippen molar-refractivity contribution in [1.82, 2.24) is 4.90 Å². The third kappa shape index (κ3) is 11.1. The number of Topliss-reactive ketones (excluding diaryl/α,β-unsaturated/α-hetero) is 1. The molecule has 2 aromatic carbocycles. The lowest BCUT2D eigenvalue weighted by molar-refractivity contribution is -0.160. The van der Waals surface area contributed by atoms with Crippen LogP contribution in [-0.2, 0) is 33.4 Å². The third-order valence-corrected chi connectivity index (χ3v) is 9.44. The highest BCUT2D eigenvalue weighted by molar-refractivity contribution is 6.59. The van der Waals surface area contributed by atoms with Crippen molar-refractivity contribution in [3.05, 3.63) is 59.1 Å². The van der Waals surface area contributed by atoms with E-state index in [1.54, 1.807) is 13.8 Å². The van der Waals surface area contributed by atoms with Gasteiger partial charge < -0.3 is 14.8 Å². The van der Waals surface area contributed by atoms with Crippen molar-refractivity contribution in [1.29, 1.82) is 0 Å². The van der Waals surface area contributed by atoms with Crippen LogP contribution in [0.15, 0.2) is 48.5 Å². The fourth-order valence-corrected chi connectivity index (χ4v) is 6.48. The highest BCUT2D eigenvalue weighted by Gasteiger charge is 2.63. The number of urea groups is 1. The van der Waals surface area contributed by atoms with Crippen LogP contribution in [-0.4, -0.2) is 63.6 Å². The number of anilines is 2. The SMILES string of the molecule is CCCCCCCCCCCC(C)(C)OC(=O)COC(=O)c1cccc(NC(=O)C(Cl)(C(=O)C(C)(C)C)N2C(=O)C(=O)N(c3ccccc3Cl)C2=O)c1. The van der Waals surface area contributed by atoms with Gasteiger partial charge in [-0.05, 0) is 57.0 Å². The van der Waals surface area contributed by atoms with Crippen molar-refractivity contribution >= 4 is 76.1 Å². The molecule has 5 amide bonds. The predicted molar refractivity (Wildman–Crippen MR) is 202 cm³/mol.